The van der Waals surface area contributed by atoms with Gasteiger partial charge in [0.05, 0.1) is 30.3 Å². The van der Waals surface area contributed by atoms with Gasteiger partial charge in [-0.1, -0.05) is 30.3 Å². The molecule has 2 N–H and O–H groups in total. The van der Waals surface area contributed by atoms with Crippen molar-refractivity contribution in [1.29, 1.82) is 0 Å². The fourth-order valence-electron chi connectivity index (χ4n) is 3.51. The largest absolute Gasteiger partial charge is 0.350 e. The maximum Gasteiger partial charge on any atom is 0.223 e. The van der Waals surface area contributed by atoms with E-state index < -0.39 is 6.29 Å². The van der Waals surface area contributed by atoms with Crippen LogP contribution in [-0.2, 0) is 16.0 Å². The summed E-state index contributed by atoms with van der Waals surface area (Å²) in [5.74, 6) is 0.744. The number of hydrogen-bond acceptors (Lipinski definition) is 6. The number of hydrogen-bond donors (Lipinski definition) is 2. The maximum atomic E-state index is 13.5. The third-order valence-electron chi connectivity index (χ3n) is 5.10. The standard InChI is InChI=1S/C24H22FN5O2/c25-18-9-7-17(8-10-18)20-21(30-22(29-20)23-31-13-4-14-32-23)19-11-12-26-24(28-19)27-15-16-5-2-1-3-6-16/h1-3,5-12,23H,4,13-15H2,(H,29,30)(H,26,27,28). The Morgan fingerprint density at radius 1 is 0.969 bits per heavy atom. The Morgan fingerprint density at radius 2 is 1.75 bits per heavy atom. The maximum absolute atomic E-state index is 13.5. The van der Waals surface area contributed by atoms with Crippen molar-refractivity contribution in [3.8, 4) is 22.6 Å². The number of imidazole rings is 1. The highest BCUT2D eigenvalue weighted by molar-refractivity contribution is 5.77. The number of halogens is 1. The van der Waals surface area contributed by atoms with Crippen molar-refractivity contribution in [3.63, 3.8) is 0 Å². The van der Waals surface area contributed by atoms with E-state index in [1.807, 2.05) is 30.3 Å². The lowest BCUT2D eigenvalue weighted by atomic mass is 10.1. The van der Waals surface area contributed by atoms with E-state index in [9.17, 15) is 4.39 Å². The van der Waals surface area contributed by atoms with Crippen LogP contribution in [0.3, 0.4) is 0 Å². The molecule has 1 aliphatic rings. The third-order valence-corrected chi connectivity index (χ3v) is 5.10. The zero-order chi connectivity index (χ0) is 21.8. The van der Waals surface area contributed by atoms with Gasteiger partial charge >= 0.3 is 0 Å². The molecule has 3 heterocycles. The lowest BCUT2D eigenvalue weighted by Gasteiger charge is -2.21. The van der Waals surface area contributed by atoms with Gasteiger partial charge in [-0.05, 0) is 42.3 Å². The van der Waals surface area contributed by atoms with E-state index in [1.54, 1.807) is 24.4 Å². The molecule has 1 aliphatic heterocycles. The average Bonchev–Trinajstić information content (AvgIpc) is 3.30. The van der Waals surface area contributed by atoms with Crippen molar-refractivity contribution in [1.82, 2.24) is 19.9 Å². The fraction of sp³-hybridized carbons (Fsp3) is 0.208. The summed E-state index contributed by atoms with van der Waals surface area (Å²) < 4.78 is 24.9. The molecule has 7 nitrogen and oxygen atoms in total. The normalized spacial score (nSPS) is 14.4. The van der Waals surface area contributed by atoms with Crippen molar-refractivity contribution in [2.24, 2.45) is 0 Å². The highest BCUT2D eigenvalue weighted by Crippen LogP contribution is 2.32. The number of anilines is 1. The lowest BCUT2D eigenvalue weighted by molar-refractivity contribution is -0.186. The van der Waals surface area contributed by atoms with Gasteiger partial charge in [0.15, 0.2) is 5.82 Å². The van der Waals surface area contributed by atoms with Gasteiger partial charge in [0, 0.05) is 18.3 Å². The molecule has 0 amide bonds. The second-order valence-corrected chi connectivity index (χ2v) is 7.38. The quantitative estimate of drug-likeness (QED) is 0.460. The summed E-state index contributed by atoms with van der Waals surface area (Å²) in [6.45, 7) is 1.81. The Hall–Kier alpha value is -3.62. The predicted molar refractivity (Wildman–Crippen MR) is 118 cm³/mol. The molecule has 8 heteroatoms. The summed E-state index contributed by atoms with van der Waals surface area (Å²) >= 11 is 0. The van der Waals surface area contributed by atoms with Crippen LogP contribution in [-0.4, -0.2) is 33.1 Å². The summed E-state index contributed by atoms with van der Waals surface area (Å²) in [6, 6.07) is 18.0. The molecule has 0 bridgehead atoms. The van der Waals surface area contributed by atoms with Gasteiger partial charge in [-0.15, -0.1) is 0 Å². The van der Waals surface area contributed by atoms with Crippen molar-refractivity contribution in [2.45, 2.75) is 19.3 Å². The zero-order valence-corrected chi connectivity index (χ0v) is 17.3. The number of nitrogens with one attached hydrogen (secondary N) is 2. The van der Waals surface area contributed by atoms with E-state index in [-0.39, 0.29) is 5.82 Å². The highest BCUT2D eigenvalue weighted by atomic mass is 19.1. The number of ether oxygens (including phenoxy) is 2. The molecule has 32 heavy (non-hydrogen) atoms. The Bertz CT molecular complexity index is 1170. The minimum absolute atomic E-state index is 0.306. The summed E-state index contributed by atoms with van der Waals surface area (Å²) in [5.41, 5.74) is 3.88. The van der Waals surface area contributed by atoms with Crippen molar-refractivity contribution >= 4 is 5.95 Å². The van der Waals surface area contributed by atoms with E-state index in [0.29, 0.717) is 48.6 Å². The second kappa shape index (κ2) is 9.25. The predicted octanol–water partition coefficient (Wildman–Crippen LogP) is 4.72. The first kappa shape index (κ1) is 20.3. The third kappa shape index (κ3) is 4.51. The highest BCUT2D eigenvalue weighted by Gasteiger charge is 2.24. The molecule has 1 fully saturated rings. The van der Waals surface area contributed by atoms with E-state index in [4.69, 9.17) is 14.5 Å². The summed E-state index contributed by atoms with van der Waals surface area (Å²) in [5, 5.41) is 3.25. The average molecular weight is 431 g/mol. The molecule has 0 radical (unpaired) electrons. The lowest BCUT2D eigenvalue weighted by Crippen LogP contribution is -2.18. The van der Waals surface area contributed by atoms with Gasteiger partial charge in [-0.25, -0.2) is 19.3 Å². The Kier molecular flexibility index (Phi) is 5.87. The molecule has 2 aromatic carbocycles. The van der Waals surface area contributed by atoms with Gasteiger partial charge in [-0.3, -0.25) is 0 Å². The Balaban J connectivity index is 1.48. The van der Waals surface area contributed by atoms with Crippen LogP contribution < -0.4 is 5.32 Å². The summed E-state index contributed by atoms with van der Waals surface area (Å²) in [6.07, 6.45) is 1.96. The molecule has 0 atom stereocenters. The first-order valence-corrected chi connectivity index (χ1v) is 10.5. The zero-order valence-electron chi connectivity index (χ0n) is 17.3. The van der Waals surface area contributed by atoms with Crippen LogP contribution in [0.25, 0.3) is 22.6 Å². The van der Waals surface area contributed by atoms with Crippen LogP contribution >= 0.6 is 0 Å². The molecule has 1 saturated heterocycles. The molecule has 4 aromatic rings. The molecule has 5 rings (SSSR count). The SMILES string of the molecule is Fc1ccc(-c2nc(C3OCCCO3)[nH]c2-c2ccnc(NCc3ccccc3)n2)cc1. The number of nitrogens with zero attached hydrogens (tertiary/aromatic N) is 3. The van der Waals surface area contributed by atoms with Gasteiger partial charge < -0.3 is 19.8 Å². The molecule has 0 unspecified atom stereocenters. The Morgan fingerprint density at radius 3 is 2.53 bits per heavy atom. The number of benzene rings is 2. The second-order valence-electron chi connectivity index (χ2n) is 7.38. The van der Waals surface area contributed by atoms with Crippen molar-refractivity contribution < 1.29 is 13.9 Å². The van der Waals surface area contributed by atoms with Crippen LogP contribution in [0.15, 0.2) is 66.9 Å². The van der Waals surface area contributed by atoms with E-state index in [0.717, 1.165) is 17.5 Å². The van der Waals surface area contributed by atoms with Gasteiger partial charge in [0.1, 0.15) is 5.82 Å². The fourth-order valence-corrected chi connectivity index (χ4v) is 3.51. The van der Waals surface area contributed by atoms with Crippen LogP contribution in [0.4, 0.5) is 10.3 Å². The minimum atomic E-state index is -0.575. The minimum Gasteiger partial charge on any atom is -0.350 e. The first-order chi connectivity index (χ1) is 15.8. The summed E-state index contributed by atoms with van der Waals surface area (Å²) in [7, 11) is 0. The van der Waals surface area contributed by atoms with E-state index >= 15 is 0 Å². The molecule has 2 aromatic heterocycles. The van der Waals surface area contributed by atoms with Crippen LogP contribution in [0, 0.1) is 5.82 Å². The van der Waals surface area contributed by atoms with Gasteiger partial charge in [-0.2, -0.15) is 0 Å². The molecular formula is C24H22FN5O2. The number of H-pyrrole nitrogens is 1. The van der Waals surface area contributed by atoms with E-state index in [1.165, 1.54) is 12.1 Å². The molecule has 0 aliphatic carbocycles. The smallest absolute Gasteiger partial charge is 0.223 e. The number of rotatable bonds is 6. The van der Waals surface area contributed by atoms with E-state index in [2.05, 4.69) is 20.3 Å². The monoisotopic (exact) mass is 431 g/mol. The van der Waals surface area contributed by atoms with Crippen LogP contribution in [0.5, 0.6) is 0 Å². The van der Waals surface area contributed by atoms with Gasteiger partial charge in [0.2, 0.25) is 12.2 Å². The number of aromatic nitrogens is 4. The van der Waals surface area contributed by atoms with Crippen LogP contribution in [0.2, 0.25) is 0 Å². The molecule has 0 saturated carbocycles. The molecule has 162 valence electrons. The van der Waals surface area contributed by atoms with Crippen molar-refractivity contribution in [2.75, 3.05) is 18.5 Å². The molecular weight excluding hydrogens is 409 g/mol. The summed E-state index contributed by atoms with van der Waals surface area (Å²) in [4.78, 5) is 17.0. The Labute approximate surface area is 184 Å². The van der Waals surface area contributed by atoms with Crippen LogP contribution in [0.1, 0.15) is 24.1 Å². The van der Waals surface area contributed by atoms with Crippen molar-refractivity contribution in [3.05, 3.63) is 84.1 Å². The molecule has 0 spiro atoms. The topological polar surface area (TPSA) is 85.0 Å². The van der Waals surface area contributed by atoms with Gasteiger partial charge in [0.25, 0.3) is 0 Å². The first-order valence-electron chi connectivity index (χ1n) is 10.5. The number of aromatic amines is 1.